The molecule has 0 bridgehead atoms. The van der Waals surface area contributed by atoms with Crippen LogP contribution in [-0.2, 0) is 14.3 Å². The first-order valence-electron chi connectivity index (χ1n) is 12.4. The molecule has 196 valence electrons. The van der Waals surface area contributed by atoms with Gasteiger partial charge in [-0.1, -0.05) is 37.6 Å². The number of hydrogen-bond acceptors (Lipinski definition) is 6. The smallest absolute Gasteiger partial charge is 0.336 e. The molecule has 0 aromatic heterocycles. The number of ketones is 1. The Labute approximate surface area is 230 Å². The average molecular weight is 589 g/mol. The highest BCUT2D eigenvalue weighted by atomic mass is 79.9. The van der Waals surface area contributed by atoms with Gasteiger partial charge in [0.15, 0.2) is 17.3 Å². The minimum absolute atomic E-state index is 0.00977. The molecule has 6 nitrogen and oxygen atoms in total. The average Bonchev–Trinajstić information content (AvgIpc) is 2.84. The number of halogens is 2. The molecule has 1 aliphatic heterocycles. The van der Waals surface area contributed by atoms with Gasteiger partial charge in [0.05, 0.1) is 23.3 Å². The van der Waals surface area contributed by atoms with Crippen molar-refractivity contribution in [3.8, 4) is 11.5 Å². The fraction of sp³-hybridized carbons (Fsp3) is 0.379. The van der Waals surface area contributed by atoms with Crippen LogP contribution in [0.15, 0.2) is 63.4 Å². The Morgan fingerprint density at radius 3 is 2.54 bits per heavy atom. The number of rotatable bonds is 7. The zero-order valence-corrected chi connectivity index (χ0v) is 23.7. The summed E-state index contributed by atoms with van der Waals surface area (Å²) in [4.78, 5) is 27.2. The molecule has 4 rings (SSSR count). The van der Waals surface area contributed by atoms with Crippen molar-refractivity contribution in [3.05, 3.63) is 79.6 Å². The van der Waals surface area contributed by atoms with Crippen LogP contribution in [0.25, 0.3) is 0 Å². The molecule has 2 N–H and O–H groups in total. The molecule has 1 heterocycles. The third kappa shape index (κ3) is 5.73. The first-order valence-corrected chi connectivity index (χ1v) is 13.6. The second kappa shape index (κ2) is 11.3. The molecule has 2 atom stereocenters. The number of dihydropyridines is 1. The minimum atomic E-state index is -0.661. The van der Waals surface area contributed by atoms with Gasteiger partial charge in [0, 0.05) is 34.3 Å². The molecule has 0 amide bonds. The zero-order chi connectivity index (χ0) is 26.9. The summed E-state index contributed by atoms with van der Waals surface area (Å²) in [5, 5.41) is 14.5. The summed E-state index contributed by atoms with van der Waals surface area (Å²) in [5.74, 6) is -0.764. The largest absolute Gasteiger partial charge is 0.503 e. The van der Waals surface area contributed by atoms with Crippen LogP contribution < -0.4 is 10.1 Å². The lowest BCUT2D eigenvalue weighted by Crippen LogP contribution is -2.36. The van der Waals surface area contributed by atoms with Crippen LogP contribution in [0.5, 0.6) is 11.5 Å². The summed E-state index contributed by atoms with van der Waals surface area (Å²) in [7, 11) is 0. The number of Topliss-reactive ketones (excluding diaryl/α,β-unsaturated/α-hetero) is 1. The fourth-order valence-corrected chi connectivity index (χ4v) is 5.55. The lowest BCUT2D eigenvalue weighted by Gasteiger charge is -2.37. The van der Waals surface area contributed by atoms with Gasteiger partial charge in [0.2, 0.25) is 0 Å². The van der Waals surface area contributed by atoms with Crippen LogP contribution in [0, 0.1) is 5.92 Å². The van der Waals surface area contributed by atoms with E-state index in [2.05, 4.69) is 21.2 Å². The second-order valence-electron chi connectivity index (χ2n) is 9.84. The molecule has 0 unspecified atom stereocenters. The van der Waals surface area contributed by atoms with Gasteiger partial charge in [-0.3, -0.25) is 4.79 Å². The van der Waals surface area contributed by atoms with E-state index in [9.17, 15) is 14.7 Å². The molecule has 0 saturated carbocycles. The molecule has 2 aromatic carbocycles. The highest BCUT2D eigenvalue weighted by Crippen LogP contribution is 2.48. The summed E-state index contributed by atoms with van der Waals surface area (Å²) >= 11 is 9.49. The van der Waals surface area contributed by atoms with E-state index in [1.807, 2.05) is 52.0 Å². The van der Waals surface area contributed by atoms with Gasteiger partial charge in [0.1, 0.15) is 0 Å². The van der Waals surface area contributed by atoms with Gasteiger partial charge < -0.3 is 19.9 Å². The summed E-state index contributed by atoms with van der Waals surface area (Å²) in [6.07, 6.45) is 0.923. The van der Waals surface area contributed by atoms with Gasteiger partial charge in [-0.05, 0) is 83.4 Å². The number of benzene rings is 2. The predicted molar refractivity (Wildman–Crippen MR) is 147 cm³/mol. The Kier molecular flexibility index (Phi) is 8.34. The molecular formula is C29H31BrClNO5. The second-order valence-corrected chi connectivity index (χ2v) is 11.1. The Morgan fingerprint density at radius 2 is 1.89 bits per heavy atom. The maximum atomic E-state index is 13.8. The highest BCUT2D eigenvalue weighted by Gasteiger charge is 2.42. The van der Waals surface area contributed by atoms with Crippen molar-refractivity contribution in [1.29, 1.82) is 0 Å². The maximum absolute atomic E-state index is 13.8. The predicted octanol–water partition coefficient (Wildman–Crippen LogP) is 6.77. The number of phenolic OH excluding ortho intramolecular Hbond substituents is 1. The van der Waals surface area contributed by atoms with Crippen molar-refractivity contribution in [2.24, 2.45) is 5.92 Å². The number of ether oxygens (including phenoxy) is 2. The SMILES string of the molecule is CCOc1cc([C@@H]2C(C(=O)OCC(C)C)=C(C)NC3=C2C(=O)C[C@@H](c2ccc(Cl)cc2)C3)cc(Br)c1O. The minimum Gasteiger partial charge on any atom is -0.503 e. The van der Waals surface area contributed by atoms with E-state index in [0.717, 1.165) is 11.3 Å². The molecule has 0 fully saturated rings. The maximum Gasteiger partial charge on any atom is 0.336 e. The number of aromatic hydroxyl groups is 1. The van der Waals surface area contributed by atoms with E-state index in [0.29, 0.717) is 51.4 Å². The van der Waals surface area contributed by atoms with Crippen LogP contribution in [0.3, 0.4) is 0 Å². The van der Waals surface area contributed by atoms with Gasteiger partial charge >= 0.3 is 5.97 Å². The number of esters is 1. The number of nitrogens with one attached hydrogen (secondary N) is 1. The Balaban J connectivity index is 1.82. The Hall–Kier alpha value is -2.77. The van der Waals surface area contributed by atoms with Gasteiger partial charge in [-0.25, -0.2) is 4.79 Å². The van der Waals surface area contributed by atoms with Crippen LogP contribution in [0.4, 0.5) is 0 Å². The van der Waals surface area contributed by atoms with Crippen molar-refractivity contribution >= 4 is 39.3 Å². The summed E-state index contributed by atoms with van der Waals surface area (Å²) < 4.78 is 11.7. The molecule has 2 aliphatic rings. The lowest BCUT2D eigenvalue weighted by molar-refractivity contribution is -0.140. The number of hydrogen-bond donors (Lipinski definition) is 2. The monoisotopic (exact) mass is 587 g/mol. The number of allylic oxidation sites excluding steroid dienone is 3. The van der Waals surface area contributed by atoms with E-state index in [-0.39, 0.29) is 35.7 Å². The molecule has 0 saturated heterocycles. The summed E-state index contributed by atoms with van der Waals surface area (Å²) in [6, 6.07) is 11.0. The Morgan fingerprint density at radius 1 is 1.19 bits per heavy atom. The molecule has 1 aliphatic carbocycles. The first kappa shape index (κ1) is 27.3. The van der Waals surface area contributed by atoms with Gasteiger partial charge in [-0.15, -0.1) is 0 Å². The summed E-state index contributed by atoms with van der Waals surface area (Å²) in [5.41, 5.74) is 4.07. The number of carbonyl (C=O) groups is 2. The zero-order valence-electron chi connectivity index (χ0n) is 21.4. The third-order valence-electron chi connectivity index (χ3n) is 6.62. The van der Waals surface area contributed by atoms with Crippen LogP contribution >= 0.6 is 27.5 Å². The van der Waals surface area contributed by atoms with Crippen molar-refractivity contribution in [1.82, 2.24) is 5.32 Å². The molecule has 37 heavy (non-hydrogen) atoms. The Bertz CT molecular complexity index is 1280. The van der Waals surface area contributed by atoms with Crippen LogP contribution in [0.2, 0.25) is 5.02 Å². The van der Waals surface area contributed by atoms with Crippen molar-refractivity contribution in [3.63, 3.8) is 0 Å². The molecule has 8 heteroatoms. The molecule has 0 radical (unpaired) electrons. The molecular weight excluding hydrogens is 558 g/mol. The van der Waals surface area contributed by atoms with Gasteiger partial charge in [0.25, 0.3) is 0 Å². The van der Waals surface area contributed by atoms with Gasteiger partial charge in [-0.2, -0.15) is 0 Å². The first-order chi connectivity index (χ1) is 17.6. The van der Waals surface area contributed by atoms with Crippen molar-refractivity contribution in [2.45, 2.75) is 52.4 Å². The van der Waals surface area contributed by atoms with E-state index in [4.69, 9.17) is 21.1 Å². The topological polar surface area (TPSA) is 84.9 Å². The third-order valence-corrected chi connectivity index (χ3v) is 7.48. The van der Waals surface area contributed by atoms with E-state index in [1.165, 1.54) is 0 Å². The normalized spacial score (nSPS) is 19.6. The quantitative estimate of drug-likeness (QED) is 0.347. The number of phenols is 1. The highest BCUT2D eigenvalue weighted by molar-refractivity contribution is 9.10. The molecule has 2 aromatic rings. The van der Waals surface area contributed by atoms with Crippen molar-refractivity contribution in [2.75, 3.05) is 13.2 Å². The standard InChI is InChI=1S/C29H31BrClNO5/c1-5-36-24-13-19(10-21(30)28(24)34)26-25(29(35)37-14-15(2)3)16(4)32-22-11-18(12-23(33)27(22)26)17-6-8-20(31)9-7-17/h6-10,13,15,18,26,32,34H,5,11-12,14H2,1-4H3/t18-,26+/m0/s1. The molecule has 0 spiro atoms. The number of carbonyl (C=O) groups excluding carboxylic acids is 2. The van der Waals surface area contributed by atoms with Crippen LogP contribution in [0.1, 0.15) is 63.5 Å². The summed E-state index contributed by atoms with van der Waals surface area (Å²) in [6.45, 7) is 8.22. The van der Waals surface area contributed by atoms with Crippen molar-refractivity contribution < 1.29 is 24.2 Å². The van der Waals surface area contributed by atoms with E-state index in [1.54, 1.807) is 12.1 Å². The van der Waals surface area contributed by atoms with E-state index >= 15 is 0 Å². The van der Waals surface area contributed by atoms with E-state index < -0.39 is 11.9 Å². The van der Waals surface area contributed by atoms with Crippen LogP contribution in [-0.4, -0.2) is 30.1 Å². The lowest BCUT2D eigenvalue weighted by atomic mass is 9.71. The fourth-order valence-electron chi connectivity index (χ4n) is 4.96.